The number of rotatable bonds is 3. The Labute approximate surface area is 149 Å². The number of nitrogens with zero attached hydrogens (tertiary/aromatic N) is 2. The van der Waals surface area contributed by atoms with Crippen molar-refractivity contribution < 1.29 is 5.11 Å². The number of nitrogens with one attached hydrogen (secondary N) is 1. The molecule has 124 valence electrons. The van der Waals surface area contributed by atoms with Crippen molar-refractivity contribution in [1.29, 1.82) is 0 Å². The van der Waals surface area contributed by atoms with E-state index in [0.29, 0.717) is 6.04 Å². The fourth-order valence-corrected chi connectivity index (χ4v) is 3.82. The summed E-state index contributed by atoms with van der Waals surface area (Å²) in [6.07, 6.45) is 8.25. The van der Waals surface area contributed by atoms with E-state index in [2.05, 4.69) is 25.6 Å². The van der Waals surface area contributed by atoms with Crippen molar-refractivity contribution in [1.82, 2.24) is 9.38 Å². The van der Waals surface area contributed by atoms with Gasteiger partial charge in [0.15, 0.2) is 0 Å². The van der Waals surface area contributed by atoms with Crippen LogP contribution in [0.5, 0.6) is 5.75 Å². The Balaban J connectivity index is 1.84. The molecule has 4 nitrogen and oxygen atoms in total. The maximum absolute atomic E-state index is 10.3. The Morgan fingerprint density at radius 2 is 1.96 bits per heavy atom. The zero-order chi connectivity index (χ0) is 16.5. The predicted octanol–water partition coefficient (Wildman–Crippen LogP) is 5.21. The first kappa shape index (κ1) is 15.5. The molecule has 0 unspecified atom stereocenters. The van der Waals surface area contributed by atoms with Crippen molar-refractivity contribution in [3.63, 3.8) is 0 Å². The molecule has 1 aromatic carbocycles. The molecule has 0 saturated heterocycles. The second-order valence-electron chi connectivity index (χ2n) is 6.38. The van der Waals surface area contributed by atoms with Crippen LogP contribution in [-0.4, -0.2) is 20.5 Å². The zero-order valence-corrected chi connectivity index (χ0v) is 15.0. The molecule has 4 rings (SSSR count). The molecule has 0 bridgehead atoms. The fourth-order valence-electron chi connectivity index (χ4n) is 3.46. The van der Waals surface area contributed by atoms with Gasteiger partial charge in [-0.15, -0.1) is 0 Å². The van der Waals surface area contributed by atoms with E-state index in [1.165, 1.54) is 32.1 Å². The first-order valence-electron chi connectivity index (χ1n) is 8.45. The van der Waals surface area contributed by atoms with Gasteiger partial charge in [0.2, 0.25) is 0 Å². The summed E-state index contributed by atoms with van der Waals surface area (Å²) in [4.78, 5) is 4.77. The van der Waals surface area contributed by atoms with Crippen molar-refractivity contribution in [2.75, 3.05) is 5.32 Å². The molecule has 1 saturated carbocycles. The molecule has 2 N–H and O–H groups in total. The van der Waals surface area contributed by atoms with Gasteiger partial charge in [-0.05, 0) is 43.2 Å². The number of hydrogen-bond donors (Lipinski definition) is 2. The standard InChI is InChI=1S/C19H20BrN3O/c20-13-9-10-16(24)15(12-13)18-19(21-14-6-2-1-3-7-14)23-11-5-4-8-17(23)22-18/h4-5,8-12,14,21,24H,1-3,6-7H2. The van der Waals surface area contributed by atoms with Crippen molar-refractivity contribution in [2.24, 2.45) is 0 Å². The van der Waals surface area contributed by atoms with Crippen LogP contribution in [0.2, 0.25) is 0 Å². The van der Waals surface area contributed by atoms with Gasteiger partial charge in [-0.2, -0.15) is 0 Å². The van der Waals surface area contributed by atoms with Crippen molar-refractivity contribution in [2.45, 2.75) is 38.1 Å². The van der Waals surface area contributed by atoms with E-state index in [4.69, 9.17) is 4.98 Å². The van der Waals surface area contributed by atoms with Gasteiger partial charge in [0, 0.05) is 22.3 Å². The van der Waals surface area contributed by atoms with Gasteiger partial charge >= 0.3 is 0 Å². The number of phenolic OH excluding ortho intramolecular Hbond substituents is 1. The number of anilines is 1. The number of phenols is 1. The van der Waals surface area contributed by atoms with Crippen LogP contribution in [0.1, 0.15) is 32.1 Å². The van der Waals surface area contributed by atoms with Gasteiger partial charge in [-0.1, -0.05) is 41.3 Å². The molecular formula is C19H20BrN3O. The SMILES string of the molecule is Oc1ccc(Br)cc1-c1nc2ccccn2c1NC1CCCCC1. The summed E-state index contributed by atoms with van der Waals surface area (Å²) >= 11 is 3.49. The minimum atomic E-state index is 0.244. The van der Waals surface area contributed by atoms with Crippen LogP contribution < -0.4 is 5.32 Å². The maximum atomic E-state index is 10.3. The summed E-state index contributed by atoms with van der Waals surface area (Å²) in [6.45, 7) is 0. The second kappa shape index (κ2) is 6.48. The first-order valence-corrected chi connectivity index (χ1v) is 9.24. The molecule has 3 aromatic rings. The van der Waals surface area contributed by atoms with E-state index in [0.717, 1.165) is 27.2 Å². The topological polar surface area (TPSA) is 49.6 Å². The number of aromatic nitrogens is 2. The number of aromatic hydroxyl groups is 1. The van der Waals surface area contributed by atoms with Crippen LogP contribution >= 0.6 is 15.9 Å². The van der Waals surface area contributed by atoms with Gasteiger partial charge in [0.05, 0.1) is 0 Å². The minimum absolute atomic E-state index is 0.244. The third-order valence-corrected chi connectivity index (χ3v) is 5.18. The van der Waals surface area contributed by atoms with Gasteiger partial charge in [0.25, 0.3) is 0 Å². The van der Waals surface area contributed by atoms with Crippen LogP contribution in [0.4, 0.5) is 5.82 Å². The number of fused-ring (bicyclic) bond motifs is 1. The monoisotopic (exact) mass is 385 g/mol. The Hall–Kier alpha value is -2.01. The van der Waals surface area contributed by atoms with Crippen LogP contribution in [0.3, 0.4) is 0 Å². The molecule has 2 aromatic heterocycles. The molecular weight excluding hydrogens is 366 g/mol. The maximum Gasteiger partial charge on any atom is 0.139 e. The highest BCUT2D eigenvalue weighted by Crippen LogP contribution is 2.37. The summed E-state index contributed by atoms with van der Waals surface area (Å²) in [5, 5.41) is 14.0. The third-order valence-electron chi connectivity index (χ3n) is 4.69. The van der Waals surface area contributed by atoms with E-state index >= 15 is 0 Å². The molecule has 0 radical (unpaired) electrons. The van der Waals surface area contributed by atoms with Crippen LogP contribution in [0.15, 0.2) is 47.1 Å². The van der Waals surface area contributed by atoms with Crippen LogP contribution in [0.25, 0.3) is 16.9 Å². The molecule has 0 amide bonds. The quantitative estimate of drug-likeness (QED) is 0.649. The number of imidazole rings is 1. The highest BCUT2D eigenvalue weighted by atomic mass is 79.9. The fraction of sp³-hybridized carbons (Fsp3) is 0.316. The molecule has 24 heavy (non-hydrogen) atoms. The Bertz CT molecular complexity index is 868. The lowest BCUT2D eigenvalue weighted by atomic mass is 9.95. The molecule has 2 heterocycles. The predicted molar refractivity (Wildman–Crippen MR) is 100 cm³/mol. The molecule has 5 heteroatoms. The molecule has 1 fully saturated rings. The van der Waals surface area contributed by atoms with Gasteiger partial charge in [-0.3, -0.25) is 4.40 Å². The lowest BCUT2D eigenvalue weighted by Crippen LogP contribution is -2.23. The first-order chi connectivity index (χ1) is 11.7. The zero-order valence-electron chi connectivity index (χ0n) is 13.4. The van der Waals surface area contributed by atoms with Crippen LogP contribution in [-0.2, 0) is 0 Å². The molecule has 1 aliphatic rings. The Morgan fingerprint density at radius 3 is 2.79 bits per heavy atom. The summed E-state index contributed by atoms with van der Waals surface area (Å²) in [7, 11) is 0. The summed E-state index contributed by atoms with van der Waals surface area (Å²) in [5.41, 5.74) is 2.42. The number of pyridine rings is 1. The van der Waals surface area contributed by atoms with Crippen molar-refractivity contribution in [3.05, 3.63) is 47.1 Å². The van der Waals surface area contributed by atoms with Crippen molar-refractivity contribution >= 4 is 27.4 Å². The second-order valence-corrected chi connectivity index (χ2v) is 7.29. The lowest BCUT2D eigenvalue weighted by molar-refractivity contribution is 0.461. The average Bonchev–Trinajstić information content (AvgIpc) is 2.96. The van der Waals surface area contributed by atoms with E-state index in [-0.39, 0.29) is 5.75 Å². The van der Waals surface area contributed by atoms with Crippen molar-refractivity contribution in [3.8, 4) is 17.0 Å². The molecule has 1 aliphatic carbocycles. The normalized spacial score (nSPS) is 15.7. The smallest absolute Gasteiger partial charge is 0.139 e. The van der Waals surface area contributed by atoms with E-state index in [9.17, 15) is 5.11 Å². The molecule has 0 atom stereocenters. The molecule has 0 spiro atoms. The van der Waals surface area contributed by atoms with Gasteiger partial charge in [0.1, 0.15) is 22.9 Å². The number of benzene rings is 1. The summed E-state index contributed by atoms with van der Waals surface area (Å²) < 4.78 is 3.00. The number of halogens is 1. The van der Waals surface area contributed by atoms with Crippen LogP contribution in [0, 0.1) is 0 Å². The summed E-state index contributed by atoms with van der Waals surface area (Å²) in [5.74, 6) is 1.21. The largest absolute Gasteiger partial charge is 0.507 e. The Morgan fingerprint density at radius 1 is 1.12 bits per heavy atom. The third kappa shape index (κ3) is 2.88. The van der Waals surface area contributed by atoms with Gasteiger partial charge < -0.3 is 10.4 Å². The summed E-state index contributed by atoms with van der Waals surface area (Å²) in [6, 6.07) is 11.9. The lowest BCUT2D eigenvalue weighted by Gasteiger charge is -2.24. The average molecular weight is 386 g/mol. The molecule has 0 aliphatic heterocycles. The minimum Gasteiger partial charge on any atom is -0.507 e. The number of hydrogen-bond acceptors (Lipinski definition) is 3. The van der Waals surface area contributed by atoms with E-state index in [1.807, 2.05) is 36.5 Å². The highest BCUT2D eigenvalue weighted by molar-refractivity contribution is 9.10. The van der Waals surface area contributed by atoms with Gasteiger partial charge in [-0.25, -0.2) is 4.98 Å². The van der Waals surface area contributed by atoms with E-state index < -0.39 is 0 Å². The van der Waals surface area contributed by atoms with E-state index in [1.54, 1.807) is 6.07 Å². The highest BCUT2D eigenvalue weighted by Gasteiger charge is 2.21. The Kier molecular flexibility index (Phi) is 4.19.